The number of hydrogen-bond acceptors (Lipinski definition) is 1. The summed E-state index contributed by atoms with van der Waals surface area (Å²) >= 11 is 0. The van der Waals surface area contributed by atoms with Crippen molar-refractivity contribution in [1.29, 1.82) is 0 Å². The van der Waals surface area contributed by atoms with Crippen LogP contribution in [0, 0.1) is 6.92 Å². The minimum absolute atomic E-state index is 0.703. The zero-order valence-corrected chi connectivity index (χ0v) is 10.8. The number of hydrogen-bond donors (Lipinski definition) is 1. The molecule has 1 heteroatoms. The van der Waals surface area contributed by atoms with E-state index < -0.39 is 5.60 Å². The number of rotatable bonds is 3. The zero-order chi connectivity index (χ0) is 12.5. The second-order valence-corrected chi connectivity index (χ2v) is 4.72. The van der Waals surface area contributed by atoms with Gasteiger partial charge in [0.05, 0.1) is 5.60 Å². The molecular weight excluding hydrogens is 208 g/mol. The lowest BCUT2D eigenvalue weighted by Crippen LogP contribution is -2.25. The maximum atomic E-state index is 10.8. The Labute approximate surface area is 103 Å². The minimum atomic E-state index is -0.703. The van der Waals surface area contributed by atoms with Crippen LogP contribution in [-0.2, 0) is 5.60 Å². The van der Waals surface area contributed by atoms with Crippen LogP contribution in [0.1, 0.15) is 37.8 Å². The maximum absolute atomic E-state index is 10.8. The topological polar surface area (TPSA) is 20.2 Å². The molecule has 0 heterocycles. The fourth-order valence-corrected chi connectivity index (χ4v) is 2.60. The molecular formula is C16H20O. The molecule has 2 aromatic carbocycles. The molecule has 0 aromatic heterocycles. The zero-order valence-electron chi connectivity index (χ0n) is 10.8. The summed E-state index contributed by atoms with van der Waals surface area (Å²) in [5.74, 6) is 0. The van der Waals surface area contributed by atoms with Crippen molar-refractivity contribution in [2.45, 2.75) is 39.2 Å². The van der Waals surface area contributed by atoms with Gasteiger partial charge in [0.15, 0.2) is 0 Å². The monoisotopic (exact) mass is 228 g/mol. The molecule has 0 aliphatic heterocycles. The molecule has 0 spiro atoms. The van der Waals surface area contributed by atoms with Gasteiger partial charge in [-0.25, -0.2) is 0 Å². The van der Waals surface area contributed by atoms with E-state index in [-0.39, 0.29) is 0 Å². The van der Waals surface area contributed by atoms with E-state index in [1.807, 2.05) is 26.0 Å². The van der Waals surface area contributed by atoms with Gasteiger partial charge in [0, 0.05) is 0 Å². The molecule has 2 rings (SSSR count). The molecule has 1 N–H and O–H groups in total. The van der Waals surface area contributed by atoms with E-state index >= 15 is 0 Å². The van der Waals surface area contributed by atoms with Crippen molar-refractivity contribution in [3.63, 3.8) is 0 Å². The first-order valence-corrected chi connectivity index (χ1v) is 6.33. The molecule has 1 nitrogen and oxygen atoms in total. The van der Waals surface area contributed by atoms with E-state index in [2.05, 4.69) is 31.2 Å². The molecule has 0 unspecified atom stereocenters. The molecule has 0 aliphatic carbocycles. The molecule has 90 valence electrons. The maximum Gasteiger partial charge on any atom is 0.0899 e. The molecule has 0 saturated heterocycles. The highest BCUT2D eigenvalue weighted by Crippen LogP contribution is 2.36. The number of benzene rings is 2. The first-order chi connectivity index (χ1) is 8.12. The van der Waals surface area contributed by atoms with Gasteiger partial charge in [-0.3, -0.25) is 0 Å². The van der Waals surface area contributed by atoms with Crippen LogP contribution in [0.25, 0.3) is 10.8 Å². The molecule has 0 bridgehead atoms. The third-order valence-electron chi connectivity index (χ3n) is 3.77. The Morgan fingerprint density at radius 1 is 1.00 bits per heavy atom. The lowest BCUT2D eigenvalue weighted by atomic mass is 9.82. The van der Waals surface area contributed by atoms with Crippen molar-refractivity contribution >= 4 is 10.8 Å². The third-order valence-corrected chi connectivity index (χ3v) is 3.77. The van der Waals surface area contributed by atoms with Gasteiger partial charge in [0.25, 0.3) is 0 Å². The van der Waals surface area contributed by atoms with Crippen molar-refractivity contribution in [2.75, 3.05) is 0 Å². The summed E-state index contributed by atoms with van der Waals surface area (Å²) in [5.41, 5.74) is 1.57. The van der Waals surface area contributed by atoms with Gasteiger partial charge < -0.3 is 5.11 Å². The predicted octanol–water partition coefficient (Wildman–Crippen LogP) is 4.16. The van der Waals surface area contributed by atoms with Crippen LogP contribution in [0.4, 0.5) is 0 Å². The molecule has 0 saturated carbocycles. The largest absolute Gasteiger partial charge is 0.385 e. The normalized spacial score (nSPS) is 12.0. The summed E-state index contributed by atoms with van der Waals surface area (Å²) in [5, 5.41) is 13.2. The molecule has 0 radical (unpaired) electrons. The highest BCUT2D eigenvalue weighted by atomic mass is 16.3. The second kappa shape index (κ2) is 4.50. The first kappa shape index (κ1) is 12.1. The summed E-state index contributed by atoms with van der Waals surface area (Å²) in [4.78, 5) is 0. The van der Waals surface area contributed by atoms with Gasteiger partial charge in [0.2, 0.25) is 0 Å². The van der Waals surface area contributed by atoms with Crippen LogP contribution in [0.15, 0.2) is 36.4 Å². The molecule has 2 aromatic rings. The van der Waals surface area contributed by atoms with Crippen molar-refractivity contribution in [1.82, 2.24) is 0 Å². The Bertz CT molecular complexity index is 524. The van der Waals surface area contributed by atoms with E-state index in [1.165, 1.54) is 16.3 Å². The van der Waals surface area contributed by atoms with E-state index in [4.69, 9.17) is 0 Å². The predicted molar refractivity (Wildman–Crippen MR) is 73.2 cm³/mol. The van der Waals surface area contributed by atoms with E-state index in [0.29, 0.717) is 0 Å². The van der Waals surface area contributed by atoms with E-state index in [0.717, 1.165) is 18.4 Å². The van der Waals surface area contributed by atoms with E-state index in [1.54, 1.807) is 0 Å². The fourth-order valence-electron chi connectivity index (χ4n) is 2.60. The van der Waals surface area contributed by atoms with E-state index in [9.17, 15) is 5.11 Å². The summed E-state index contributed by atoms with van der Waals surface area (Å²) in [6, 6.07) is 12.5. The van der Waals surface area contributed by atoms with Gasteiger partial charge in [-0.2, -0.15) is 0 Å². The number of fused-ring (bicyclic) bond motifs is 1. The Morgan fingerprint density at radius 3 is 2.29 bits per heavy atom. The smallest absolute Gasteiger partial charge is 0.0899 e. The molecule has 0 amide bonds. The number of aryl methyl sites for hydroxylation is 1. The summed E-state index contributed by atoms with van der Waals surface area (Å²) in [6.45, 7) is 6.17. The van der Waals surface area contributed by atoms with Crippen molar-refractivity contribution in [3.05, 3.63) is 47.5 Å². The molecule has 17 heavy (non-hydrogen) atoms. The van der Waals surface area contributed by atoms with Crippen LogP contribution < -0.4 is 0 Å². The fraction of sp³-hybridized carbons (Fsp3) is 0.375. The van der Waals surface area contributed by atoms with Crippen molar-refractivity contribution in [2.24, 2.45) is 0 Å². The summed E-state index contributed by atoms with van der Waals surface area (Å²) < 4.78 is 0. The number of aliphatic hydroxyl groups is 1. The van der Waals surface area contributed by atoms with Gasteiger partial charge in [-0.15, -0.1) is 0 Å². The third kappa shape index (κ3) is 1.96. The minimum Gasteiger partial charge on any atom is -0.385 e. The van der Waals surface area contributed by atoms with Crippen LogP contribution in [-0.4, -0.2) is 5.11 Å². The van der Waals surface area contributed by atoms with Crippen LogP contribution in [0.3, 0.4) is 0 Å². The van der Waals surface area contributed by atoms with Gasteiger partial charge >= 0.3 is 0 Å². The summed E-state index contributed by atoms with van der Waals surface area (Å²) in [6.07, 6.45) is 1.50. The lowest BCUT2D eigenvalue weighted by molar-refractivity contribution is 0.0293. The standard InChI is InChI=1S/C16H20O/c1-4-16(17,5-2)15-12(3)10-11-13-8-6-7-9-14(13)15/h6-11,17H,4-5H2,1-3H3. The van der Waals surface area contributed by atoms with Crippen LogP contribution in [0.2, 0.25) is 0 Å². The Kier molecular flexibility index (Phi) is 3.21. The molecule has 0 fully saturated rings. The first-order valence-electron chi connectivity index (χ1n) is 6.33. The second-order valence-electron chi connectivity index (χ2n) is 4.72. The average Bonchev–Trinajstić information content (AvgIpc) is 2.38. The molecule has 0 aliphatic rings. The highest BCUT2D eigenvalue weighted by Gasteiger charge is 2.28. The molecule has 0 atom stereocenters. The Morgan fingerprint density at radius 2 is 1.65 bits per heavy atom. The quantitative estimate of drug-likeness (QED) is 0.836. The van der Waals surface area contributed by atoms with Crippen LogP contribution in [0.5, 0.6) is 0 Å². The van der Waals surface area contributed by atoms with Gasteiger partial charge in [0.1, 0.15) is 0 Å². The Hall–Kier alpha value is -1.34. The van der Waals surface area contributed by atoms with Gasteiger partial charge in [-0.05, 0) is 41.7 Å². The Balaban J connectivity index is 2.79. The van der Waals surface area contributed by atoms with Crippen LogP contribution >= 0.6 is 0 Å². The highest BCUT2D eigenvalue weighted by molar-refractivity contribution is 5.87. The van der Waals surface area contributed by atoms with Gasteiger partial charge in [-0.1, -0.05) is 50.2 Å². The summed E-state index contributed by atoms with van der Waals surface area (Å²) in [7, 11) is 0. The van der Waals surface area contributed by atoms with Crippen molar-refractivity contribution in [3.8, 4) is 0 Å². The van der Waals surface area contributed by atoms with Crippen molar-refractivity contribution < 1.29 is 5.11 Å². The lowest BCUT2D eigenvalue weighted by Gasteiger charge is -2.29. The average molecular weight is 228 g/mol. The SMILES string of the molecule is CCC(O)(CC)c1c(C)ccc2ccccc12.